The number of aryl methyl sites for hydroxylation is 1. The molecule has 0 spiro atoms. The molecule has 1 saturated heterocycles. The summed E-state index contributed by atoms with van der Waals surface area (Å²) in [5.74, 6) is -0.993. The number of nitrogens with two attached hydrogens (primary N) is 1. The van der Waals surface area contributed by atoms with Crippen molar-refractivity contribution in [3.8, 4) is 33.2 Å². The summed E-state index contributed by atoms with van der Waals surface area (Å²) >= 11 is 1.57. The Kier molecular flexibility index (Phi) is 16.0. The van der Waals surface area contributed by atoms with E-state index >= 15 is 0 Å². The third kappa shape index (κ3) is 12.6. The third-order valence-electron chi connectivity index (χ3n) is 11.2. The van der Waals surface area contributed by atoms with Gasteiger partial charge in [0.05, 0.1) is 28.8 Å². The van der Waals surface area contributed by atoms with Crippen molar-refractivity contribution in [2.75, 3.05) is 25.4 Å². The molecule has 3 heterocycles. The Morgan fingerprint density at radius 1 is 0.922 bits per heavy atom. The number of aromatic hydroxyl groups is 1. The van der Waals surface area contributed by atoms with E-state index in [0.717, 1.165) is 27.3 Å². The van der Waals surface area contributed by atoms with Gasteiger partial charge in [-0.15, -0.1) is 21.5 Å². The second-order valence-corrected chi connectivity index (χ2v) is 18.1. The molecule has 5 aromatic rings. The molecule has 1 aliphatic rings. The lowest BCUT2D eigenvalue weighted by Crippen LogP contribution is -2.57. The highest BCUT2D eigenvalue weighted by molar-refractivity contribution is 7.13. The van der Waals surface area contributed by atoms with E-state index in [1.807, 2.05) is 87.8 Å². The van der Waals surface area contributed by atoms with Crippen molar-refractivity contribution in [3.05, 3.63) is 107 Å². The second-order valence-electron chi connectivity index (χ2n) is 17.2. The van der Waals surface area contributed by atoms with Gasteiger partial charge in [0.1, 0.15) is 23.5 Å². The first-order valence-electron chi connectivity index (χ1n) is 21.6. The van der Waals surface area contributed by atoms with Crippen molar-refractivity contribution in [3.63, 3.8) is 0 Å². The van der Waals surface area contributed by atoms with Crippen LogP contribution < -0.4 is 26.4 Å². The van der Waals surface area contributed by atoms with Crippen molar-refractivity contribution in [2.24, 2.45) is 5.41 Å². The van der Waals surface area contributed by atoms with Gasteiger partial charge in [-0.3, -0.25) is 19.2 Å². The topological polar surface area (TPSA) is 222 Å². The molecule has 1 aliphatic heterocycles. The molecule has 2 unspecified atom stereocenters. The first kappa shape index (κ1) is 47.1. The first-order chi connectivity index (χ1) is 30.7. The summed E-state index contributed by atoms with van der Waals surface area (Å²) in [7, 11) is 0. The number of carbonyl (C=O) groups excluding carboxylic acids is 4. The molecule has 64 heavy (non-hydrogen) atoms. The smallest absolute Gasteiger partial charge is 0.246 e. The Morgan fingerprint density at radius 2 is 1.62 bits per heavy atom. The predicted octanol–water partition coefficient (Wildman–Crippen LogP) is 5.90. The van der Waals surface area contributed by atoms with Crippen LogP contribution in [0.2, 0.25) is 0 Å². The SMILES string of the molecule is Cc1ncsc1-c1ccc(CNC(=O)[C@@H]2C[C@@H](O)CN2C(=O)C(NC(=O)CCCCCC(=O)NCC(COc2cc(-c3ccccc3O)nnc2N)c2ccccc2)C(C)(C)C)cc1. The van der Waals surface area contributed by atoms with Crippen LogP contribution in [0.5, 0.6) is 11.5 Å². The molecule has 0 bridgehead atoms. The minimum Gasteiger partial charge on any atom is -0.507 e. The number of phenolic OH excluding ortho intramolecular Hbond substituents is 1. The second kappa shape index (κ2) is 21.8. The zero-order chi connectivity index (χ0) is 45.8. The maximum Gasteiger partial charge on any atom is 0.246 e. The predicted molar refractivity (Wildman–Crippen MR) is 246 cm³/mol. The fourth-order valence-electron chi connectivity index (χ4n) is 7.60. The summed E-state index contributed by atoms with van der Waals surface area (Å²) in [4.78, 5) is 60.5. The summed E-state index contributed by atoms with van der Waals surface area (Å²) in [6.07, 6.45) is 1.32. The van der Waals surface area contributed by atoms with Crippen molar-refractivity contribution in [1.29, 1.82) is 0 Å². The Balaban J connectivity index is 0.946. The van der Waals surface area contributed by atoms with Gasteiger partial charge in [0.25, 0.3) is 0 Å². The van der Waals surface area contributed by atoms with Gasteiger partial charge < -0.3 is 41.5 Å². The lowest BCUT2D eigenvalue weighted by Gasteiger charge is -2.35. The van der Waals surface area contributed by atoms with E-state index < -0.39 is 29.5 Å². The van der Waals surface area contributed by atoms with Crippen molar-refractivity contribution in [2.45, 2.75) is 96.9 Å². The quantitative estimate of drug-likeness (QED) is 0.0536. The van der Waals surface area contributed by atoms with E-state index in [9.17, 15) is 29.4 Å². The molecule has 15 nitrogen and oxygen atoms in total. The Bertz CT molecular complexity index is 2370. The van der Waals surface area contributed by atoms with E-state index in [2.05, 4.69) is 31.1 Å². The van der Waals surface area contributed by atoms with E-state index in [4.69, 9.17) is 10.5 Å². The molecule has 7 N–H and O–H groups in total. The normalized spacial score (nSPS) is 15.9. The number of carbonyl (C=O) groups is 4. The molecule has 6 rings (SSSR count). The van der Waals surface area contributed by atoms with E-state index in [1.54, 1.807) is 41.7 Å². The van der Waals surface area contributed by atoms with E-state index in [-0.39, 0.29) is 74.2 Å². The molecule has 4 amide bonds. The highest BCUT2D eigenvalue weighted by Gasteiger charge is 2.44. The average Bonchev–Trinajstić information content (AvgIpc) is 3.90. The molecule has 0 radical (unpaired) electrons. The fourth-order valence-corrected chi connectivity index (χ4v) is 8.41. The van der Waals surface area contributed by atoms with Crippen LogP contribution in [0.3, 0.4) is 0 Å². The van der Waals surface area contributed by atoms with Crippen LogP contribution in [-0.2, 0) is 25.7 Å². The maximum atomic E-state index is 14.0. The number of aromatic nitrogens is 3. The average molecular weight is 891 g/mol. The number of aliphatic hydroxyl groups excluding tert-OH is 1. The van der Waals surface area contributed by atoms with Crippen molar-refractivity contribution >= 4 is 40.8 Å². The third-order valence-corrected chi connectivity index (χ3v) is 12.2. The molecule has 2 aromatic heterocycles. The highest BCUT2D eigenvalue weighted by Crippen LogP contribution is 2.32. The van der Waals surface area contributed by atoms with Crippen LogP contribution in [0, 0.1) is 12.3 Å². The van der Waals surface area contributed by atoms with Crippen LogP contribution in [0.1, 0.15) is 82.0 Å². The fraction of sp³-hybridized carbons (Fsp3) is 0.396. The van der Waals surface area contributed by atoms with Crippen LogP contribution in [-0.4, -0.2) is 91.8 Å². The minimum atomic E-state index is -0.929. The van der Waals surface area contributed by atoms with Gasteiger partial charge in [0.15, 0.2) is 11.6 Å². The summed E-state index contributed by atoms with van der Waals surface area (Å²) in [5, 5.41) is 37.9. The number of nitrogens with zero attached hydrogens (tertiary/aromatic N) is 4. The molecular weight excluding hydrogens is 833 g/mol. The Labute approximate surface area is 377 Å². The van der Waals surface area contributed by atoms with E-state index in [0.29, 0.717) is 42.8 Å². The number of phenols is 1. The number of unbranched alkanes of at least 4 members (excludes halogenated alkanes) is 2. The van der Waals surface area contributed by atoms with E-state index in [1.165, 1.54) is 4.90 Å². The summed E-state index contributed by atoms with van der Waals surface area (Å²) < 4.78 is 6.12. The van der Waals surface area contributed by atoms with Crippen molar-refractivity contribution in [1.82, 2.24) is 36.0 Å². The van der Waals surface area contributed by atoms with Gasteiger partial charge in [0, 0.05) is 56.4 Å². The molecular formula is C48H58N8O7S. The number of hydrogen-bond acceptors (Lipinski definition) is 12. The zero-order valence-corrected chi connectivity index (χ0v) is 37.6. The first-order valence-corrected chi connectivity index (χ1v) is 22.5. The number of anilines is 1. The van der Waals surface area contributed by atoms with Gasteiger partial charge in [-0.05, 0) is 54.0 Å². The largest absolute Gasteiger partial charge is 0.507 e. The molecule has 338 valence electrons. The number of β-amino-alcohol motifs (C(OH)–C–C–N with tert-alkyl or cyclic N) is 1. The summed E-state index contributed by atoms with van der Waals surface area (Å²) in [6, 6.07) is 24.1. The van der Waals surface area contributed by atoms with Crippen LogP contribution >= 0.6 is 11.3 Å². The summed E-state index contributed by atoms with van der Waals surface area (Å²) in [6.45, 7) is 8.24. The number of thiazole rings is 1. The van der Waals surface area contributed by atoms with Crippen LogP contribution in [0.15, 0.2) is 90.4 Å². The maximum absolute atomic E-state index is 14.0. The highest BCUT2D eigenvalue weighted by atomic mass is 32.1. The van der Waals surface area contributed by atoms with Gasteiger partial charge in [0.2, 0.25) is 23.6 Å². The number of amides is 4. The minimum absolute atomic E-state index is 0.0119. The zero-order valence-electron chi connectivity index (χ0n) is 36.8. The van der Waals surface area contributed by atoms with Gasteiger partial charge in [-0.25, -0.2) is 4.98 Å². The number of benzene rings is 3. The number of likely N-dealkylation sites (tertiary alicyclic amines) is 1. The van der Waals surface area contributed by atoms with Crippen molar-refractivity contribution < 1.29 is 34.1 Å². The number of rotatable bonds is 19. The lowest BCUT2D eigenvalue weighted by molar-refractivity contribution is -0.144. The van der Waals surface area contributed by atoms with Crippen LogP contribution in [0.4, 0.5) is 5.82 Å². The molecule has 0 aliphatic carbocycles. The molecule has 4 atom stereocenters. The Morgan fingerprint density at radius 3 is 2.31 bits per heavy atom. The number of ether oxygens (including phenoxy) is 1. The lowest BCUT2D eigenvalue weighted by atomic mass is 9.85. The number of nitrogens with one attached hydrogen (secondary N) is 3. The number of hydrogen-bond donors (Lipinski definition) is 6. The van der Waals surface area contributed by atoms with Gasteiger partial charge in [-0.2, -0.15) is 0 Å². The van der Waals surface area contributed by atoms with Crippen LogP contribution in [0.25, 0.3) is 21.7 Å². The number of aliphatic hydroxyl groups is 1. The molecule has 1 fully saturated rings. The van der Waals surface area contributed by atoms with Gasteiger partial charge in [-0.1, -0.05) is 93.9 Å². The summed E-state index contributed by atoms with van der Waals surface area (Å²) in [5.41, 5.74) is 12.0. The molecule has 16 heteroatoms. The Hall–Kier alpha value is -6.39. The monoisotopic (exact) mass is 890 g/mol. The molecule has 3 aromatic carbocycles. The standard InChI is InChI=1S/C48H58N8O7S/c1-30-43(64-29-52-30)33-21-19-31(20-22-33)25-51-46(61)38-23-35(57)27-56(38)47(62)44(48(2,3)4)53-42(60)18-10-6-9-17-41(59)50-26-34(32-13-7-5-8-14-32)28-63-40-24-37(54-55-45(40)49)36-15-11-12-16-39(36)58/h5,7-8,11-16,19-22,24,29,34-35,38,44,57-58H,6,9-10,17-18,23,25-28H2,1-4H3,(H2,49,55)(H,50,59)(H,51,61)(H,53,60)/t34?,35-,38+,44?/m1/s1. The number of para-hydroxylation sites is 1. The van der Waals surface area contributed by atoms with Gasteiger partial charge >= 0.3 is 0 Å². The number of nitrogen functional groups attached to an aromatic ring is 1. The molecule has 0 saturated carbocycles.